The van der Waals surface area contributed by atoms with Crippen molar-refractivity contribution in [3.8, 4) is 0 Å². The van der Waals surface area contributed by atoms with Gasteiger partial charge in [0.1, 0.15) is 5.37 Å². The monoisotopic (exact) mass is 479 g/mol. The smallest absolute Gasteiger partial charge is 0.255 e. The van der Waals surface area contributed by atoms with Crippen molar-refractivity contribution in [2.45, 2.75) is 18.3 Å². The third kappa shape index (κ3) is 5.61. The first-order valence-electron chi connectivity index (χ1n) is 11.5. The van der Waals surface area contributed by atoms with Crippen LogP contribution in [-0.4, -0.2) is 27.5 Å². The average Bonchev–Trinajstić information content (AvgIpc) is 3.26. The summed E-state index contributed by atoms with van der Waals surface area (Å²) in [5, 5.41) is 2.92. The van der Waals surface area contributed by atoms with Crippen LogP contribution in [0.15, 0.2) is 103 Å². The standard InChI is InChI=1S/C29H25N3O2S/c33-27-20-35-29(32(27)19-23-4-2-1-3-5-23)25-10-8-24(9-11-25)28(34)31-26-12-6-21(7-13-26)18-22-14-16-30-17-15-22/h1-17,29H,18-20H2,(H,31,34). The summed E-state index contributed by atoms with van der Waals surface area (Å²) in [4.78, 5) is 31.3. The molecule has 5 rings (SSSR count). The molecule has 2 heterocycles. The van der Waals surface area contributed by atoms with Crippen LogP contribution in [0.5, 0.6) is 0 Å². The fourth-order valence-corrected chi connectivity index (χ4v) is 5.31. The second-order valence-electron chi connectivity index (χ2n) is 8.48. The number of nitrogens with zero attached hydrogens (tertiary/aromatic N) is 2. The van der Waals surface area contributed by atoms with Crippen LogP contribution in [0.3, 0.4) is 0 Å². The van der Waals surface area contributed by atoms with Crippen LogP contribution in [-0.2, 0) is 17.8 Å². The zero-order chi connectivity index (χ0) is 24.0. The van der Waals surface area contributed by atoms with E-state index in [-0.39, 0.29) is 17.2 Å². The molecule has 1 unspecified atom stereocenters. The van der Waals surface area contributed by atoms with Crippen LogP contribution in [0.25, 0.3) is 0 Å². The molecule has 0 aliphatic carbocycles. The molecule has 1 N–H and O–H groups in total. The van der Waals surface area contributed by atoms with Gasteiger partial charge in [-0.15, -0.1) is 11.8 Å². The fraction of sp³-hybridized carbons (Fsp3) is 0.138. The van der Waals surface area contributed by atoms with Gasteiger partial charge in [0.25, 0.3) is 5.91 Å². The summed E-state index contributed by atoms with van der Waals surface area (Å²) in [5.41, 5.74) is 5.83. The van der Waals surface area contributed by atoms with Gasteiger partial charge in [-0.05, 0) is 65.1 Å². The summed E-state index contributed by atoms with van der Waals surface area (Å²) < 4.78 is 0. The SMILES string of the molecule is O=C(Nc1ccc(Cc2ccncc2)cc1)c1ccc(C2SCC(=O)N2Cc2ccccc2)cc1. The average molecular weight is 480 g/mol. The lowest BCUT2D eigenvalue weighted by atomic mass is 10.1. The number of rotatable bonds is 7. The van der Waals surface area contributed by atoms with E-state index in [9.17, 15) is 9.59 Å². The van der Waals surface area contributed by atoms with E-state index in [1.54, 1.807) is 24.2 Å². The molecule has 0 radical (unpaired) electrons. The molecule has 1 aliphatic heterocycles. The lowest BCUT2D eigenvalue weighted by Gasteiger charge is -2.24. The van der Waals surface area contributed by atoms with E-state index in [2.05, 4.69) is 10.3 Å². The number of carbonyl (C=O) groups excluding carboxylic acids is 2. The Hall–Kier alpha value is -3.90. The van der Waals surface area contributed by atoms with Crippen LogP contribution in [0.1, 0.15) is 38.0 Å². The summed E-state index contributed by atoms with van der Waals surface area (Å²) in [5.74, 6) is 0.449. The van der Waals surface area contributed by atoms with Gasteiger partial charge in [-0.1, -0.05) is 54.6 Å². The Bertz CT molecular complexity index is 1290. The summed E-state index contributed by atoms with van der Waals surface area (Å²) in [6, 6.07) is 29.4. The minimum Gasteiger partial charge on any atom is -0.322 e. The van der Waals surface area contributed by atoms with Crippen molar-refractivity contribution >= 4 is 29.3 Å². The second-order valence-corrected chi connectivity index (χ2v) is 9.54. The fourth-order valence-electron chi connectivity index (χ4n) is 4.13. The normalized spacial score (nSPS) is 15.3. The Kier molecular flexibility index (Phi) is 6.91. The largest absolute Gasteiger partial charge is 0.322 e. The molecule has 1 fully saturated rings. The van der Waals surface area contributed by atoms with E-state index in [1.165, 1.54) is 11.1 Å². The van der Waals surface area contributed by atoms with Gasteiger partial charge in [-0.25, -0.2) is 0 Å². The molecule has 174 valence electrons. The van der Waals surface area contributed by atoms with Gasteiger partial charge < -0.3 is 10.2 Å². The van der Waals surface area contributed by atoms with Crippen LogP contribution in [0.4, 0.5) is 5.69 Å². The number of hydrogen-bond donors (Lipinski definition) is 1. The van der Waals surface area contributed by atoms with Gasteiger partial charge in [-0.2, -0.15) is 0 Å². The van der Waals surface area contributed by atoms with E-state index in [4.69, 9.17) is 0 Å². The Morgan fingerprint density at radius 1 is 0.857 bits per heavy atom. The van der Waals surface area contributed by atoms with E-state index in [0.29, 0.717) is 17.9 Å². The maximum Gasteiger partial charge on any atom is 0.255 e. The van der Waals surface area contributed by atoms with Crippen molar-refractivity contribution in [3.05, 3.63) is 131 Å². The molecule has 4 aromatic rings. The van der Waals surface area contributed by atoms with Gasteiger partial charge in [0.05, 0.1) is 5.75 Å². The molecular formula is C29H25N3O2S. The molecule has 0 saturated carbocycles. The van der Waals surface area contributed by atoms with Gasteiger partial charge in [0.2, 0.25) is 5.91 Å². The predicted octanol–water partition coefficient (Wildman–Crippen LogP) is 5.70. The second kappa shape index (κ2) is 10.6. The summed E-state index contributed by atoms with van der Waals surface area (Å²) >= 11 is 1.62. The molecule has 3 aromatic carbocycles. The first kappa shape index (κ1) is 22.9. The number of aromatic nitrogens is 1. The molecule has 1 saturated heterocycles. The highest BCUT2D eigenvalue weighted by Crippen LogP contribution is 2.39. The highest BCUT2D eigenvalue weighted by Gasteiger charge is 2.32. The zero-order valence-electron chi connectivity index (χ0n) is 19.1. The molecule has 0 spiro atoms. The van der Waals surface area contributed by atoms with Crippen molar-refractivity contribution in [2.75, 3.05) is 11.1 Å². The van der Waals surface area contributed by atoms with Crippen molar-refractivity contribution < 1.29 is 9.59 Å². The van der Waals surface area contributed by atoms with Crippen molar-refractivity contribution in [1.29, 1.82) is 0 Å². The Morgan fingerprint density at radius 3 is 2.26 bits per heavy atom. The Morgan fingerprint density at radius 2 is 1.54 bits per heavy atom. The number of carbonyl (C=O) groups is 2. The predicted molar refractivity (Wildman–Crippen MR) is 140 cm³/mol. The van der Waals surface area contributed by atoms with E-state index in [1.807, 2.05) is 95.9 Å². The van der Waals surface area contributed by atoms with E-state index >= 15 is 0 Å². The van der Waals surface area contributed by atoms with Crippen LogP contribution in [0.2, 0.25) is 0 Å². The summed E-state index contributed by atoms with van der Waals surface area (Å²) in [7, 11) is 0. The number of anilines is 1. The topological polar surface area (TPSA) is 62.3 Å². The number of nitrogens with one attached hydrogen (secondary N) is 1. The van der Waals surface area contributed by atoms with E-state index in [0.717, 1.165) is 23.2 Å². The van der Waals surface area contributed by atoms with Crippen molar-refractivity contribution in [2.24, 2.45) is 0 Å². The first-order valence-corrected chi connectivity index (χ1v) is 12.5. The van der Waals surface area contributed by atoms with Crippen molar-refractivity contribution in [1.82, 2.24) is 9.88 Å². The van der Waals surface area contributed by atoms with Crippen molar-refractivity contribution in [3.63, 3.8) is 0 Å². The summed E-state index contributed by atoms with van der Waals surface area (Å²) in [6.45, 7) is 0.580. The third-order valence-corrected chi connectivity index (χ3v) is 7.25. The maximum absolute atomic E-state index is 12.8. The number of amides is 2. The molecule has 1 aliphatic rings. The van der Waals surface area contributed by atoms with E-state index < -0.39 is 0 Å². The quantitative estimate of drug-likeness (QED) is 0.369. The molecule has 1 aromatic heterocycles. The Balaban J connectivity index is 1.22. The van der Waals surface area contributed by atoms with Crippen LogP contribution < -0.4 is 5.32 Å². The minimum absolute atomic E-state index is 0.0484. The molecular weight excluding hydrogens is 454 g/mol. The van der Waals surface area contributed by atoms with Crippen LogP contribution >= 0.6 is 11.8 Å². The molecule has 6 heteroatoms. The van der Waals surface area contributed by atoms with Gasteiger partial charge in [0, 0.05) is 30.2 Å². The minimum atomic E-state index is -0.158. The number of thioether (sulfide) groups is 1. The number of pyridine rings is 1. The highest BCUT2D eigenvalue weighted by atomic mass is 32.2. The van der Waals surface area contributed by atoms with Gasteiger partial charge >= 0.3 is 0 Å². The lowest BCUT2D eigenvalue weighted by Crippen LogP contribution is -2.27. The van der Waals surface area contributed by atoms with Gasteiger partial charge in [0.15, 0.2) is 0 Å². The molecule has 0 bridgehead atoms. The Labute approximate surface area is 209 Å². The number of benzene rings is 3. The molecule has 5 nitrogen and oxygen atoms in total. The summed E-state index contributed by atoms with van der Waals surface area (Å²) in [6.07, 6.45) is 4.40. The molecule has 1 atom stereocenters. The molecule has 35 heavy (non-hydrogen) atoms. The third-order valence-electron chi connectivity index (χ3n) is 5.99. The van der Waals surface area contributed by atoms with Gasteiger partial charge in [-0.3, -0.25) is 14.6 Å². The zero-order valence-corrected chi connectivity index (χ0v) is 19.9. The lowest BCUT2D eigenvalue weighted by molar-refractivity contribution is -0.128. The van der Waals surface area contributed by atoms with Crippen LogP contribution in [0, 0.1) is 0 Å². The molecule has 2 amide bonds. The highest BCUT2D eigenvalue weighted by molar-refractivity contribution is 8.00. The maximum atomic E-state index is 12.8. The number of hydrogen-bond acceptors (Lipinski definition) is 4. The first-order chi connectivity index (χ1) is 17.2.